The minimum atomic E-state index is -0.824. The molecule has 2 atom stereocenters. The maximum atomic E-state index is 13.3. The van der Waals surface area contributed by atoms with Crippen LogP contribution in [0.5, 0.6) is 5.75 Å². The molecule has 0 aliphatic carbocycles. The molecule has 32 heavy (non-hydrogen) atoms. The first-order valence-electron chi connectivity index (χ1n) is 10.1. The molecule has 2 aromatic rings. The van der Waals surface area contributed by atoms with Crippen molar-refractivity contribution in [2.24, 2.45) is 0 Å². The predicted octanol–water partition coefficient (Wildman–Crippen LogP) is 4.10. The van der Waals surface area contributed by atoms with Gasteiger partial charge in [-0.2, -0.15) is 0 Å². The molecule has 168 valence electrons. The van der Waals surface area contributed by atoms with Crippen LogP contribution in [0.3, 0.4) is 0 Å². The van der Waals surface area contributed by atoms with Crippen LogP contribution in [0.4, 0.5) is 5.69 Å². The number of esters is 1. The van der Waals surface area contributed by atoms with Gasteiger partial charge in [-0.05, 0) is 51.2 Å². The van der Waals surface area contributed by atoms with Gasteiger partial charge in [0.1, 0.15) is 5.75 Å². The molecule has 0 fully saturated rings. The zero-order valence-electron chi connectivity index (χ0n) is 17.9. The molecule has 1 aliphatic heterocycles. The molecule has 0 saturated heterocycles. The summed E-state index contributed by atoms with van der Waals surface area (Å²) in [5.74, 6) is -0.387. The van der Waals surface area contributed by atoms with Crippen molar-refractivity contribution in [1.82, 2.24) is 10.6 Å². The number of halogens is 1. The largest absolute Gasteiger partial charge is 0.479 e. The Labute approximate surface area is 197 Å². The SMILES string of the molecule is CCOC(=O)[C@@H](C)Oc1ccccc1[C@H]1NC(=S)NC(C)=C1C(=O)Nc1ccccc1Cl. The number of carbonyl (C=O) groups excluding carboxylic acids is 2. The van der Waals surface area contributed by atoms with Gasteiger partial charge in [0.15, 0.2) is 11.2 Å². The lowest BCUT2D eigenvalue weighted by Gasteiger charge is -2.31. The van der Waals surface area contributed by atoms with Crippen LogP contribution in [0.1, 0.15) is 32.4 Å². The molecule has 7 nitrogen and oxygen atoms in total. The van der Waals surface area contributed by atoms with Crippen LogP contribution in [-0.4, -0.2) is 29.7 Å². The summed E-state index contributed by atoms with van der Waals surface area (Å²) in [6.07, 6.45) is -0.824. The van der Waals surface area contributed by atoms with Crippen molar-refractivity contribution in [2.45, 2.75) is 32.9 Å². The van der Waals surface area contributed by atoms with Crippen molar-refractivity contribution in [2.75, 3.05) is 11.9 Å². The topological polar surface area (TPSA) is 88.7 Å². The molecule has 1 aliphatic rings. The Morgan fingerprint density at radius 1 is 1.19 bits per heavy atom. The quantitative estimate of drug-likeness (QED) is 0.412. The third-order valence-corrected chi connectivity index (χ3v) is 5.34. The highest BCUT2D eigenvalue weighted by Gasteiger charge is 2.32. The van der Waals surface area contributed by atoms with Crippen LogP contribution in [0, 0.1) is 0 Å². The lowest BCUT2D eigenvalue weighted by Crippen LogP contribution is -2.46. The number of hydrogen-bond donors (Lipinski definition) is 3. The normalized spacial score (nSPS) is 16.5. The number of allylic oxidation sites excluding steroid dienone is 1. The molecule has 3 N–H and O–H groups in total. The second kappa shape index (κ2) is 10.5. The van der Waals surface area contributed by atoms with Crippen LogP contribution < -0.4 is 20.7 Å². The highest BCUT2D eigenvalue weighted by Crippen LogP contribution is 2.34. The van der Waals surface area contributed by atoms with Crippen LogP contribution in [0.15, 0.2) is 59.8 Å². The summed E-state index contributed by atoms with van der Waals surface area (Å²) in [6, 6.07) is 13.5. The predicted molar refractivity (Wildman–Crippen MR) is 128 cm³/mol. The summed E-state index contributed by atoms with van der Waals surface area (Å²) >= 11 is 11.5. The van der Waals surface area contributed by atoms with Crippen molar-refractivity contribution in [3.63, 3.8) is 0 Å². The maximum Gasteiger partial charge on any atom is 0.347 e. The second-order valence-corrected chi connectivity index (χ2v) is 7.87. The van der Waals surface area contributed by atoms with Gasteiger partial charge in [0.05, 0.1) is 28.9 Å². The number of hydrogen-bond acceptors (Lipinski definition) is 5. The summed E-state index contributed by atoms with van der Waals surface area (Å²) in [4.78, 5) is 25.3. The Bertz CT molecular complexity index is 1070. The molecule has 0 bridgehead atoms. The van der Waals surface area contributed by atoms with E-state index in [9.17, 15) is 9.59 Å². The number of anilines is 1. The molecule has 3 rings (SSSR count). The highest BCUT2D eigenvalue weighted by molar-refractivity contribution is 7.80. The van der Waals surface area contributed by atoms with Crippen LogP contribution >= 0.6 is 23.8 Å². The first kappa shape index (κ1) is 23.6. The number of thiocarbonyl (C=S) groups is 1. The van der Waals surface area contributed by atoms with E-state index in [-0.39, 0.29) is 12.5 Å². The van der Waals surface area contributed by atoms with Gasteiger partial charge in [0.2, 0.25) is 0 Å². The van der Waals surface area contributed by atoms with Crippen molar-refractivity contribution in [3.05, 3.63) is 70.4 Å². The van der Waals surface area contributed by atoms with E-state index in [1.165, 1.54) is 0 Å². The van der Waals surface area contributed by atoms with E-state index in [1.807, 2.05) is 12.1 Å². The van der Waals surface area contributed by atoms with Crippen LogP contribution in [0.25, 0.3) is 0 Å². The number of rotatable bonds is 7. The monoisotopic (exact) mass is 473 g/mol. The summed E-state index contributed by atoms with van der Waals surface area (Å²) in [5, 5.41) is 9.78. The molecule has 1 heterocycles. The fourth-order valence-electron chi connectivity index (χ4n) is 3.30. The fraction of sp³-hybridized carbons (Fsp3) is 0.261. The minimum absolute atomic E-state index is 0.257. The van der Waals surface area contributed by atoms with Crippen molar-refractivity contribution in [1.29, 1.82) is 0 Å². The van der Waals surface area contributed by atoms with E-state index < -0.39 is 18.1 Å². The molecule has 0 saturated carbocycles. The van der Waals surface area contributed by atoms with Crippen molar-refractivity contribution >= 4 is 46.5 Å². The minimum Gasteiger partial charge on any atom is -0.479 e. The molecule has 0 radical (unpaired) electrons. The van der Waals surface area contributed by atoms with Gasteiger partial charge in [-0.15, -0.1) is 0 Å². The number of ether oxygens (including phenoxy) is 2. The van der Waals surface area contributed by atoms with Crippen LogP contribution in [0.2, 0.25) is 5.02 Å². The van der Waals surface area contributed by atoms with Gasteiger partial charge >= 0.3 is 5.97 Å². The summed E-state index contributed by atoms with van der Waals surface area (Å²) < 4.78 is 10.9. The lowest BCUT2D eigenvalue weighted by molar-refractivity contribution is -0.150. The Morgan fingerprint density at radius 3 is 2.59 bits per heavy atom. The first-order valence-corrected chi connectivity index (χ1v) is 10.9. The molecule has 0 spiro atoms. The van der Waals surface area contributed by atoms with E-state index in [4.69, 9.17) is 33.3 Å². The van der Waals surface area contributed by atoms with Gasteiger partial charge in [-0.3, -0.25) is 4.79 Å². The molecular weight excluding hydrogens is 450 g/mol. The van der Waals surface area contributed by atoms with E-state index in [0.717, 1.165) is 0 Å². The molecule has 2 aromatic carbocycles. The smallest absolute Gasteiger partial charge is 0.347 e. The van der Waals surface area contributed by atoms with Gasteiger partial charge in [-0.25, -0.2) is 4.79 Å². The zero-order valence-corrected chi connectivity index (χ0v) is 19.5. The number of para-hydroxylation sites is 2. The van der Waals surface area contributed by atoms with E-state index in [2.05, 4.69) is 16.0 Å². The van der Waals surface area contributed by atoms with Crippen molar-refractivity contribution < 1.29 is 19.1 Å². The Morgan fingerprint density at radius 2 is 1.88 bits per heavy atom. The molecule has 1 amide bonds. The average molecular weight is 474 g/mol. The van der Waals surface area contributed by atoms with Gasteiger partial charge < -0.3 is 25.4 Å². The van der Waals surface area contributed by atoms with Crippen molar-refractivity contribution in [3.8, 4) is 5.75 Å². The molecule has 0 unspecified atom stereocenters. The second-order valence-electron chi connectivity index (χ2n) is 7.05. The Balaban J connectivity index is 1.96. The summed E-state index contributed by atoms with van der Waals surface area (Å²) in [6.45, 7) is 5.37. The van der Waals surface area contributed by atoms with E-state index in [0.29, 0.717) is 38.4 Å². The number of carbonyl (C=O) groups is 2. The fourth-order valence-corrected chi connectivity index (χ4v) is 3.76. The summed E-state index contributed by atoms with van der Waals surface area (Å²) in [7, 11) is 0. The van der Waals surface area contributed by atoms with Gasteiger partial charge in [0, 0.05) is 11.3 Å². The standard InChI is InChI=1S/C23H24ClN3O4S/c1-4-30-22(29)14(3)31-18-12-8-5-9-15(18)20-19(13(2)25-23(32)27-20)21(28)26-17-11-7-6-10-16(17)24/h5-12,14,20H,4H2,1-3H3,(H,26,28)(H2,25,27,32)/t14-,20-/m1/s1. The number of amides is 1. The first-order chi connectivity index (χ1) is 15.3. The average Bonchev–Trinajstić information content (AvgIpc) is 2.75. The molecule has 0 aromatic heterocycles. The summed E-state index contributed by atoms with van der Waals surface area (Å²) in [5.41, 5.74) is 2.15. The highest BCUT2D eigenvalue weighted by atomic mass is 35.5. The molecule has 9 heteroatoms. The lowest BCUT2D eigenvalue weighted by atomic mass is 9.94. The number of benzene rings is 2. The van der Waals surface area contributed by atoms with Crippen LogP contribution in [-0.2, 0) is 14.3 Å². The van der Waals surface area contributed by atoms with E-state index in [1.54, 1.807) is 57.2 Å². The number of nitrogens with one attached hydrogen (secondary N) is 3. The Hall–Kier alpha value is -3.10. The third kappa shape index (κ3) is 5.38. The Kier molecular flexibility index (Phi) is 7.71. The van der Waals surface area contributed by atoms with E-state index >= 15 is 0 Å². The third-order valence-electron chi connectivity index (χ3n) is 4.79. The zero-order chi connectivity index (χ0) is 23.3. The molecular formula is C23H24ClN3O4S. The van der Waals surface area contributed by atoms with Gasteiger partial charge in [-0.1, -0.05) is 41.9 Å². The maximum absolute atomic E-state index is 13.3. The van der Waals surface area contributed by atoms with Gasteiger partial charge in [0.25, 0.3) is 5.91 Å².